The number of H-pyrrole nitrogens is 1. The number of hydrogen-bond donors (Lipinski definition) is 1. The quantitative estimate of drug-likeness (QED) is 0.752. The van der Waals surface area contributed by atoms with Crippen LogP contribution < -0.4 is 0 Å². The molecular weight excluding hydrogens is 332 g/mol. The van der Waals surface area contributed by atoms with Crippen molar-refractivity contribution in [1.82, 2.24) is 14.9 Å². The minimum Gasteiger partial charge on any atom is -0.348 e. The van der Waals surface area contributed by atoms with Crippen LogP contribution in [0.25, 0.3) is 6.08 Å². The molecule has 1 atom stereocenters. The fraction of sp³-hybridized carbons (Fsp3) is 0.190. The number of hydrogen-bond acceptors (Lipinski definition) is 2. The Morgan fingerprint density at radius 1 is 1.19 bits per heavy atom. The number of nitrogens with zero attached hydrogens (tertiary/aromatic N) is 2. The molecule has 2 aromatic carbocycles. The van der Waals surface area contributed by atoms with Crippen molar-refractivity contribution in [1.29, 1.82) is 0 Å². The Labute approximate surface area is 151 Å². The van der Waals surface area contributed by atoms with Crippen LogP contribution in [0, 0.1) is 11.6 Å². The van der Waals surface area contributed by atoms with Gasteiger partial charge < -0.3 is 4.98 Å². The molecule has 2 heterocycles. The van der Waals surface area contributed by atoms with E-state index in [1.807, 2.05) is 24.3 Å². The summed E-state index contributed by atoms with van der Waals surface area (Å²) in [6, 6.07) is 11.4. The van der Waals surface area contributed by atoms with Gasteiger partial charge in [-0.15, -0.1) is 0 Å². The second-order valence-electron chi connectivity index (χ2n) is 6.47. The first-order valence-corrected chi connectivity index (χ1v) is 8.59. The minimum absolute atomic E-state index is 0.0559. The maximum Gasteiger partial charge on any atom is 0.131 e. The first-order valence-electron chi connectivity index (χ1n) is 8.59. The van der Waals surface area contributed by atoms with Gasteiger partial charge in [0.15, 0.2) is 0 Å². The molecule has 0 fully saturated rings. The van der Waals surface area contributed by atoms with Crippen LogP contribution in [0.1, 0.15) is 34.1 Å². The SMILES string of the molecule is C=Cc1cccc(CN2CCc3[nH]cnc3[C@@H]2c2c(F)cccc2F)c1. The molecule has 26 heavy (non-hydrogen) atoms. The van der Waals surface area contributed by atoms with E-state index in [0.717, 1.165) is 23.2 Å². The normalized spacial score (nSPS) is 17.1. The zero-order valence-electron chi connectivity index (χ0n) is 14.3. The Bertz CT molecular complexity index is 928. The lowest BCUT2D eigenvalue weighted by molar-refractivity contribution is 0.193. The number of nitrogens with one attached hydrogen (secondary N) is 1. The molecule has 0 saturated heterocycles. The monoisotopic (exact) mass is 351 g/mol. The van der Waals surface area contributed by atoms with Crippen LogP contribution in [-0.2, 0) is 13.0 Å². The van der Waals surface area contributed by atoms with Crippen LogP contribution in [-0.4, -0.2) is 21.4 Å². The lowest BCUT2D eigenvalue weighted by atomic mass is 9.94. The third-order valence-electron chi connectivity index (χ3n) is 4.87. The molecule has 3 nitrogen and oxygen atoms in total. The van der Waals surface area contributed by atoms with Gasteiger partial charge in [-0.3, -0.25) is 4.90 Å². The minimum atomic E-state index is -0.557. The summed E-state index contributed by atoms with van der Waals surface area (Å²) in [7, 11) is 0. The molecule has 0 bridgehead atoms. The Morgan fingerprint density at radius 2 is 1.96 bits per heavy atom. The zero-order chi connectivity index (χ0) is 18.1. The lowest BCUT2D eigenvalue weighted by Crippen LogP contribution is -2.36. The molecule has 5 heteroatoms. The van der Waals surface area contributed by atoms with Gasteiger partial charge in [0.25, 0.3) is 0 Å². The second-order valence-corrected chi connectivity index (χ2v) is 6.47. The van der Waals surface area contributed by atoms with Gasteiger partial charge in [0.1, 0.15) is 11.6 Å². The molecule has 1 aromatic heterocycles. The van der Waals surface area contributed by atoms with Gasteiger partial charge in [-0.05, 0) is 23.3 Å². The number of fused-ring (bicyclic) bond motifs is 1. The van der Waals surface area contributed by atoms with E-state index in [4.69, 9.17) is 0 Å². The van der Waals surface area contributed by atoms with E-state index >= 15 is 0 Å². The van der Waals surface area contributed by atoms with Crippen molar-refractivity contribution in [3.8, 4) is 0 Å². The summed E-state index contributed by atoms with van der Waals surface area (Å²) in [5, 5.41) is 0. The van der Waals surface area contributed by atoms with Crippen molar-refractivity contribution in [3.63, 3.8) is 0 Å². The largest absolute Gasteiger partial charge is 0.348 e. The molecule has 132 valence electrons. The molecule has 0 saturated carbocycles. The Hall–Kier alpha value is -2.79. The second kappa shape index (κ2) is 6.84. The molecule has 0 spiro atoms. The molecule has 1 aliphatic heterocycles. The fourth-order valence-electron chi connectivity index (χ4n) is 3.64. The molecule has 1 aliphatic rings. The van der Waals surface area contributed by atoms with Crippen LogP contribution >= 0.6 is 0 Å². The van der Waals surface area contributed by atoms with Gasteiger partial charge in [-0.1, -0.05) is 43.0 Å². The lowest BCUT2D eigenvalue weighted by Gasteiger charge is -2.35. The molecule has 0 unspecified atom stereocenters. The molecule has 1 N–H and O–H groups in total. The third-order valence-corrected chi connectivity index (χ3v) is 4.87. The van der Waals surface area contributed by atoms with Crippen molar-refractivity contribution in [2.45, 2.75) is 19.0 Å². The number of halogens is 2. The smallest absolute Gasteiger partial charge is 0.131 e. The summed E-state index contributed by atoms with van der Waals surface area (Å²) >= 11 is 0. The van der Waals surface area contributed by atoms with E-state index in [0.29, 0.717) is 18.8 Å². The van der Waals surface area contributed by atoms with Gasteiger partial charge >= 0.3 is 0 Å². The summed E-state index contributed by atoms with van der Waals surface area (Å²) in [6.07, 6.45) is 4.15. The number of aromatic nitrogens is 2. The maximum atomic E-state index is 14.5. The van der Waals surface area contributed by atoms with Crippen molar-refractivity contribution in [2.24, 2.45) is 0 Å². The Kier molecular flexibility index (Phi) is 4.39. The van der Waals surface area contributed by atoms with Gasteiger partial charge in [-0.2, -0.15) is 0 Å². The van der Waals surface area contributed by atoms with Crippen LogP contribution in [0.2, 0.25) is 0 Å². The number of rotatable bonds is 4. The molecule has 0 radical (unpaired) electrons. The van der Waals surface area contributed by atoms with Gasteiger partial charge in [0, 0.05) is 30.8 Å². The van der Waals surface area contributed by atoms with Crippen LogP contribution in [0.4, 0.5) is 8.78 Å². The summed E-state index contributed by atoms with van der Waals surface area (Å²) in [5.41, 5.74) is 3.78. The average Bonchev–Trinajstić information content (AvgIpc) is 3.12. The first kappa shape index (κ1) is 16.7. The van der Waals surface area contributed by atoms with Crippen molar-refractivity contribution >= 4 is 6.08 Å². The van der Waals surface area contributed by atoms with Crippen LogP contribution in [0.15, 0.2) is 55.4 Å². The maximum absolute atomic E-state index is 14.5. The van der Waals surface area contributed by atoms with Crippen LogP contribution in [0.3, 0.4) is 0 Å². The standard InChI is InChI=1S/C21H19F2N3/c1-2-14-5-3-6-15(11-14)12-26-10-9-18-20(25-13-24-18)21(26)19-16(22)7-4-8-17(19)23/h2-8,11,13,21H,1,9-10,12H2,(H,24,25)/t21-/m0/s1. The predicted octanol–water partition coefficient (Wildman–Crippen LogP) is 4.48. The fourth-order valence-corrected chi connectivity index (χ4v) is 3.64. The van der Waals surface area contributed by atoms with Gasteiger partial charge in [0.05, 0.1) is 18.1 Å². The summed E-state index contributed by atoms with van der Waals surface area (Å²) in [4.78, 5) is 9.55. The van der Waals surface area contributed by atoms with E-state index in [1.54, 1.807) is 12.4 Å². The number of imidazole rings is 1. The van der Waals surface area contributed by atoms with Crippen molar-refractivity contribution < 1.29 is 8.78 Å². The van der Waals surface area contributed by atoms with E-state index in [2.05, 4.69) is 21.4 Å². The van der Waals surface area contributed by atoms with E-state index < -0.39 is 17.7 Å². The Morgan fingerprint density at radius 3 is 2.73 bits per heavy atom. The third kappa shape index (κ3) is 2.95. The average molecular weight is 351 g/mol. The summed E-state index contributed by atoms with van der Waals surface area (Å²) in [6.45, 7) is 5.06. The van der Waals surface area contributed by atoms with E-state index in [9.17, 15) is 8.78 Å². The van der Waals surface area contributed by atoms with Crippen molar-refractivity contribution in [3.05, 3.63) is 95.1 Å². The summed E-state index contributed by atoms with van der Waals surface area (Å²) < 4.78 is 29.1. The highest BCUT2D eigenvalue weighted by atomic mass is 19.1. The van der Waals surface area contributed by atoms with E-state index in [1.165, 1.54) is 18.2 Å². The predicted molar refractivity (Wildman–Crippen MR) is 97.4 cm³/mol. The summed E-state index contributed by atoms with van der Waals surface area (Å²) in [5.74, 6) is -1.09. The molecule has 4 rings (SSSR count). The number of benzene rings is 2. The van der Waals surface area contributed by atoms with Gasteiger partial charge in [-0.25, -0.2) is 13.8 Å². The van der Waals surface area contributed by atoms with E-state index in [-0.39, 0.29) is 5.56 Å². The van der Waals surface area contributed by atoms with Crippen molar-refractivity contribution in [2.75, 3.05) is 6.54 Å². The Balaban J connectivity index is 1.77. The molecule has 3 aromatic rings. The topological polar surface area (TPSA) is 31.9 Å². The first-order chi connectivity index (χ1) is 12.7. The zero-order valence-corrected chi connectivity index (χ0v) is 14.3. The van der Waals surface area contributed by atoms with Gasteiger partial charge in [0.2, 0.25) is 0 Å². The van der Waals surface area contributed by atoms with Crippen LogP contribution in [0.5, 0.6) is 0 Å². The highest BCUT2D eigenvalue weighted by molar-refractivity contribution is 5.48. The molecule has 0 amide bonds. The number of aromatic amines is 1. The molecular formula is C21H19F2N3. The molecule has 0 aliphatic carbocycles. The highest BCUT2D eigenvalue weighted by Crippen LogP contribution is 2.36. The highest BCUT2D eigenvalue weighted by Gasteiger charge is 2.34.